The fourth-order valence-electron chi connectivity index (χ4n) is 1.83. The van der Waals surface area contributed by atoms with Crippen molar-refractivity contribution in [1.29, 1.82) is 5.26 Å². The van der Waals surface area contributed by atoms with E-state index in [0.717, 1.165) is 21.3 Å². The fourth-order valence-corrected chi connectivity index (χ4v) is 2.34. The molecule has 0 aliphatic carbocycles. The Hall–Kier alpha value is -2.32. The van der Waals surface area contributed by atoms with Crippen molar-refractivity contribution in [3.8, 4) is 11.8 Å². The summed E-state index contributed by atoms with van der Waals surface area (Å²) in [4.78, 5) is 5.26. The largest absolute Gasteiger partial charge is 0.493 e. The van der Waals surface area contributed by atoms with E-state index < -0.39 is 0 Å². The van der Waals surface area contributed by atoms with Crippen LogP contribution >= 0.6 is 15.9 Å². The lowest BCUT2D eigenvalue weighted by molar-refractivity contribution is 0.132. The molecule has 2 rings (SSSR count). The standard InChI is InChI=1S/C17H15BrN2O2/c1-2-21-17-8-7-13(9-16(17)18)11-20-22-12-15-6-4-3-5-14(15)10-19/h3-9,11H,2,12H2,1H3/b20-11-. The first-order chi connectivity index (χ1) is 10.7. The van der Waals surface area contributed by atoms with Crippen LogP contribution in [0.2, 0.25) is 0 Å². The minimum atomic E-state index is 0.262. The molecule has 22 heavy (non-hydrogen) atoms. The second-order valence-electron chi connectivity index (χ2n) is 4.40. The molecule has 0 saturated carbocycles. The average molecular weight is 359 g/mol. The highest BCUT2D eigenvalue weighted by Crippen LogP contribution is 2.25. The van der Waals surface area contributed by atoms with Crippen LogP contribution in [0.25, 0.3) is 0 Å². The third-order valence-electron chi connectivity index (χ3n) is 2.89. The van der Waals surface area contributed by atoms with Crippen molar-refractivity contribution in [1.82, 2.24) is 0 Å². The average Bonchev–Trinajstić information content (AvgIpc) is 2.54. The molecule has 0 unspecified atom stereocenters. The number of hydrogen-bond donors (Lipinski definition) is 0. The van der Waals surface area contributed by atoms with E-state index in [1.165, 1.54) is 0 Å². The van der Waals surface area contributed by atoms with Crippen molar-refractivity contribution in [2.45, 2.75) is 13.5 Å². The van der Waals surface area contributed by atoms with Gasteiger partial charge in [0.15, 0.2) is 0 Å². The van der Waals surface area contributed by atoms with Gasteiger partial charge in [-0.05, 0) is 52.7 Å². The normalized spacial score (nSPS) is 10.4. The van der Waals surface area contributed by atoms with Gasteiger partial charge < -0.3 is 9.57 Å². The van der Waals surface area contributed by atoms with Crippen molar-refractivity contribution in [3.63, 3.8) is 0 Å². The second-order valence-corrected chi connectivity index (χ2v) is 5.25. The molecular weight excluding hydrogens is 344 g/mol. The molecule has 0 atom stereocenters. The molecule has 112 valence electrons. The van der Waals surface area contributed by atoms with Gasteiger partial charge in [-0.15, -0.1) is 0 Å². The highest BCUT2D eigenvalue weighted by molar-refractivity contribution is 9.10. The maximum absolute atomic E-state index is 8.99. The van der Waals surface area contributed by atoms with Crippen LogP contribution in [-0.4, -0.2) is 12.8 Å². The summed E-state index contributed by atoms with van der Waals surface area (Å²) in [7, 11) is 0. The Balaban J connectivity index is 1.96. The maximum atomic E-state index is 8.99. The molecule has 0 spiro atoms. The molecule has 0 bridgehead atoms. The molecule has 0 aliphatic heterocycles. The number of nitrogens with zero attached hydrogens (tertiary/aromatic N) is 2. The van der Waals surface area contributed by atoms with Crippen LogP contribution in [0.4, 0.5) is 0 Å². The third-order valence-corrected chi connectivity index (χ3v) is 3.51. The molecule has 0 saturated heterocycles. The lowest BCUT2D eigenvalue weighted by Gasteiger charge is -2.06. The molecule has 4 nitrogen and oxygen atoms in total. The number of nitriles is 1. The van der Waals surface area contributed by atoms with E-state index in [1.54, 1.807) is 12.3 Å². The number of ether oxygens (including phenoxy) is 1. The summed E-state index contributed by atoms with van der Waals surface area (Å²) in [6.07, 6.45) is 1.62. The Morgan fingerprint density at radius 3 is 2.82 bits per heavy atom. The van der Waals surface area contributed by atoms with Gasteiger partial charge in [0.1, 0.15) is 12.4 Å². The smallest absolute Gasteiger partial charge is 0.143 e. The lowest BCUT2D eigenvalue weighted by Crippen LogP contribution is -1.94. The van der Waals surface area contributed by atoms with Crippen molar-refractivity contribution in [2.75, 3.05) is 6.61 Å². The van der Waals surface area contributed by atoms with Gasteiger partial charge in [-0.2, -0.15) is 5.26 Å². The fraction of sp³-hybridized carbons (Fsp3) is 0.176. The summed E-state index contributed by atoms with van der Waals surface area (Å²) in [6.45, 7) is 2.82. The van der Waals surface area contributed by atoms with Crippen LogP contribution in [0.1, 0.15) is 23.6 Å². The Kier molecular flexibility index (Phi) is 5.99. The van der Waals surface area contributed by atoms with E-state index in [1.807, 2.05) is 43.3 Å². The molecule has 0 heterocycles. The Labute approximate surface area is 138 Å². The molecule has 5 heteroatoms. The van der Waals surface area contributed by atoms with E-state index in [0.29, 0.717) is 12.2 Å². The van der Waals surface area contributed by atoms with Gasteiger partial charge in [0.2, 0.25) is 0 Å². The topological polar surface area (TPSA) is 54.6 Å². The third kappa shape index (κ3) is 4.34. The van der Waals surface area contributed by atoms with Gasteiger partial charge in [0.05, 0.1) is 28.9 Å². The first-order valence-electron chi connectivity index (χ1n) is 6.80. The lowest BCUT2D eigenvalue weighted by atomic mass is 10.1. The number of halogens is 1. The highest BCUT2D eigenvalue weighted by Gasteiger charge is 2.02. The van der Waals surface area contributed by atoms with E-state index >= 15 is 0 Å². The molecule has 0 fully saturated rings. The van der Waals surface area contributed by atoms with Crippen molar-refractivity contribution >= 4 is 22.1 Å². The van der Waals surface area contributed by atoms with Crippen LogP contribution < -0.4 is 4.74 Å². The van der Waals surface area contributed by atoms with Gasteiger partial charge in [-0.3, -0.25) is 0 Å². The van der Waals surface area contributed by atoms with Gasteiger partial charge in [0, 0.05) is 5.56 Å². The van der Waals surface area contributed by atoms with Gasteiger partial charge in [-0.1, -0.05) is 23.4 Å². The monoisotopic (exact) mass is 358 g/mol. The maximum Gasteiger partial charge on any atom is 0.143 e. The second kappa shape index (κ2) is 8.20. The Bertz CT molecular complexity index is 708. The first kappa shape index (κ1) is 16.1. The first-order valence-corrected chi connectivity index (χ1v) is 7.59. The molecule has 0 amide bonds. The molecule has 0 aromatic heterocycles. The Morgan fingerprint density at radius 2 is 2.09 bits per heavy atom. The summed E-state index contributed by atoms with van der Waals surface area (Å²) in [5.74, 6) is 0.795. The molecule has 2 aromatic rings. The van der Waals surface area contributed by atoms with E-state index in [9.17, 15) is 0 Å². The van der Waals surface area contributed by atoms with E-state index in [4.69, 9.17) is 14.8 Å². The zero-order valence-corrected chi connectivity index (χ0v) is 13.7. The summed E-state index contributed by atoms with van der Waals surface area (Å²) in [5, 5.41) is 12.9. The van der Waals surface area contributed by atoms with E-state index in [-0.39, 0.29) is 6.61 Å². The quantitative estimate of drug-likeness (QED) is 0.572. The number of benzene rings is 2. The predicted octanol–water partition coefficient (Wildman–Crippen LogP) is 4.27. The van der Waals surface area contributed by atoms with Gasteiger partial charge in [-0.25, -0.2) is 0 Å². The zero-order valence-electron chi connectivity index (χ0n) is 12.1. The van der Waals surface area contributed by atoms with E-state index in [2.05, 4.69) is 27.2 Å². The van der Waals surface area contributed by atoms with Crippen LogP contribution in [0.15, 0.2) is 52.1 Å². The minimum absolute atomic E-state index is 0.262. The van der Waals surface area contributed by atoms with Crippen molar-refractivity contribution in [2.24, 2.45) is 5.16 Å². The number of rotatable bonds is 6. The van der Waals surface area contributed by atoms with Crippen molar-refractivity contribution in [3.05, 3.63) is 63.6 Å². The summed E-state index contributed by atoms with van der Waals surface area (Å²) >= 11 is 3.45. The number of oxime groups is 1. The summed E-state index contributed by atoms with van der Waals surface area (Å²) in [6, 6.07) is 15.1. The zero-order chi connectivity index (χ0) is 15.8. The minimum Gasteiger partial charge on any atom is -0.493 e. The molecule has 0 aliphatic rings. The van der Waals surface area contributed by atoms with Crippen LogP contribution in [0, 0.1) is 11.3 Å². The Morgan fingerprint density at radius 1 is 1.27 bits per heavy atom. The van der Waals surface area contributed by atoms with Crippen LogP contribution in [0.5, 0.6) is 5.75 Å². The summed E-state index contributed by atoms with van der Waals surface area (Å²) in [5.41, 5.74) is 2.31. The van der Waals surface area contributed by atoms with Crippen LogP contribution in [0.3, 0.4) is 0 Å². The molecule has 2 aromatic carbocycles. The SMILES string of the molecule is CCOc1ccc(/C=N\OCc2ccccc2C#N)cc1Br. The molecular formula is C17H15BrN2O2. The van der Waals surface area contributed by atoms with Gasteiger partial charge in [0.25, 0.3) is 0 Å². The molecule has 0 N–H and O–H groups in total. The summed E-state index contributed by atoms with van der Waals surface area (Å²) < 4.78 is 6.32. The molecule has 0 radical (unpaired) electrons. The predicted molar refractivity (Wildman–Crippen MR) is 88.9 cm³/mol. The van der Waals surface area contributed by atoms with Crippen molar-refractivity contribution < 1.29 is 9.57 Å². The highest BCUT2D eigenvalue weighted by atomic mass is 79.9. The number of hydrogen-bond acceptors (Lipinski definition) is 4. The van der Waals surface area contributed by atoms with Gasteiger partial charge >= 0.3 is 0 Å². The van der Waals surface area contributed by atoms with Crippen LogP contribution in [-0.2, 0) is 11.4 Å².